The summed E-state index contributed by atoms with van der Waals surface area (Å²) in [7, 11) is -4.94. The van der Waals surface area contributed by atoms with Crippen LogP contribution in [0.2, 0.25) is 0 Å². The van der Waals surface area contributed by atoms with Crippen LogP contribution in [0.15, 0.2) is 30.3 Å². The summed E-state index contributed by atoms with van der Waals surface area (Å²) in [6.07, 6.45) is -0.0247. The molecule has 1 saturated heterocycles. The van der Waals surface area contributed by atoms with E-state index in [0.717, 1.165) is 4.90 Å². The van der Waals surface area contributed by atoms with Crippen LogP contribution in [0.4, 0.5) is 5.69 Å². The zero-order valence-electron chi connectivity index (χ0n) is 19.5. The number of nitrogens with zero attached hydrogens (tertiary/aromatic N) is 1. The van der Waals surface area contributed by atoms with Crippen molar-refractivity contribution < 1.29 is 41.1 Å². The van der Waals surface area contributed by atoms with Crippen LogP contribution in [0.25, 0.3) is 0 Å². The van der Waals surface area contributed by atoms with Gasteiger partial charge in [0.1, 0.15) is 6.61 Å². The van der Waals surface area contributed by atoms with Gasteiger partial charge in [-0.1, -0.05) is 32.0 Å². The monoisotopic (exact) mass is 497 g/mol. The van der Waals surface area contributed by atoms with Gasteiger partial charge in [0.2, 0.25) is 28.1 Å². The van der Waals surface area contributed by atoms with Gasteiger partial charge < -0.3 is 15.0 Å². The van der Waals surface area contributed by atoms with E-state index in [0.29, 0.717) is 5.69 Å². The number of esters is 1. The average molecular weight is 498 g/mol. The van der Waals surface area contributed by atoms with Crippen LogP contribution in [-0.4, -0.2) is 49.9 Å². The van der Waals surface area contributed by atoms with E-state index in [4.69, 9.17) is 10.5 Å². The molecule has 188 valence electrons. The predicted octanol–water partition coefficient (Wildman–Crippen LogP) is 1.13. The maximum absolute atomic E-state index is 13.4. The van der Waals surface area contributed by atoms with Gasteiger partial charge in [-0.2, -0.15) is 0 Å². The maximum Gasteiger partial charge on any atom is 0.311 e. The van der Waals surface area contributed by atoms with Gasteiger partial charge in [0.25, 0.3) is 0 Å². The van der Waals surface area contributed by atoms with E-state index < -0.39 is 70.0 Å². The molecule has 3 amide bonds. The first kappa shape index (κ1) is 27.4. The molecule has 1 aromatic carbocycles. The summed E-state index contributed by atoms with van der Waals surface area (Å²) in [5.41, 5.74) is 3.20. The number of imide groups is 1. The van der Waals surface area contributed by atoms with Gasteiger partial charge in [-0.3, -0.25) is 28.3 Å². The summed E-state index contributed by atoms with van der Waals surface area (Å²) < 4.78 is 40.7. The smallest absolute Gasteiger partial charge is 0.311 e. The van der Waals surface area contributed by atoms with Crippen LogP contribution >= 0.6 is 0 Å². The number of amides is 3. The quantitative estimate of drug-likeness (QED) is 0.154. The van der Waals surface area contributed by atoms with Crippen LogP contribution in [0, 0.1) is 22.7 Å². The highest BCUT2D eigenvalue weighted by Crippen LogP contribution is 2.48. The number of nitrogens with two attached hydrogens (primary N) is 1. The molecule has 11 nitrogen and oxygen atoms in total. The Balaban J connectivity index is 2.31. The number of benzene rings is 1. The number of anilines is 1. The van der Waals surface area contributed by atoms with Crippen LogP contribution < -0.4 is 10.6 Å². The Morgan fingerprint density at radius 1 is 1.12 bits per heavy atom. The first-order valence-corrected chi connectivity index (χ1v) is 12.0. The Labute approximate surface area is 198 Å². The summed E-state index contributed by atoms with van der Waals surface area (Å²) in [6.45, 7) is 5.00. The second-order valence-electron chi connectivity index (χ2n) is 8.85. The highest BCUT2D eigenvalue weighted by atomic mass is 32.3. The second kappa shape index (κ2) is 10.2. The van der Waals surface area contributed by atoms with E-state index in [1.807, 2.05) is 0 Å². The molecule has 1 aliphatic rings. The van der Waals surface area contributed by atoms with E-state index >= 15 is 0 Å². The molecular weight excluding hydrogens is 468 g/mol. The SMILES string of the molecule is CCC(C)(CC(C)(C(N)=O)C1C(=O)N(c2ccccc2)C(=O)C1C)C(=O)OCCOS(=O)(=O)[O-]. The van der Waals surface area contributed by atoms with Crippen molar-refractivity contribution in [2.45, 2.75) is 40.5 Å². The normalized spacial score (nSPS) is 22.2. The standard InChI is InChI=1S/C22H30N2O9S/c1-5-21(3,20(28)32-11-12-33-34(29,30)31)13-22(4,19(23)27)16-14(2)17(25)24(18(16)26)15-9-7-6-8-10-15/h6-10,14,16H,5,11-13H2,1-4H3,(H2,23,27)(H,29,30,31)/p-1. The van der Waals surface area contributed by atoms with Crippen molar-refractivity contribution in [2.24, 2.45) is 28.4 Å². The van der Waals surface area contributed by atoms with Crippen LogP contribution in [0.1, 0.15) is 40.5 Å². The van der Waals surface area contributed by atoms with Crippen molar-refractivity contribution in [3.63, 3.8) is 0 Å². The molecule has 0 aromatic heterocycles. The first-order valence-electron chi connectivity index (χ1n) is 10.7. The molecule has 1 fully saturated rings. The Morgan fingerprint density at radius 3 is 2.21 bits per heavy atom. The maximum atomic E-state index is 13.4. The molecule has 0 bridgehead atoms. The van der Waals surface area contributed by atoms with Gasteiger partial charge in [0.05, 0.1) is 29.0 Å². The van der Waals surface area contributed by atoms with Crippen LogP contribution in [0.5, 0.6) is 0 Å². The fraction of sp³-hybridized carbons (Fsp3) is 0.545. The minimum atomic E-state index is -4.94. The molecule has 0 radical (unpaired) electrons. The Morgan fingerprint density at radius 2 is 1.71 bits per heavy atom. The molecule has 2 rings (SSSR count). The molecule has 0 aliphatic carbocycles. The lowest BCUT2D eigenvalue weighted by Gasteiger charge is -2.39. The minimum Gasteiger partial charge on any atom is -0.726 e. The number of carbonyl (C=O) groups excluding carboxylic acids is 4. The summed E-state index contributed by atoms with van der Waals surface area (Å²) >= 11 is 0. The molecule has 2 N–H and O–H groups in total. The Hall–Kier alpha value is -2.83. The van der Waals surface area contributed by atoms with Crippen molar-refractivity contribution in [1.29, 1.82) is 0 Å². The van der Waals surface area contributed by atoms with Gasteiger partial charge >= 0.3 is 5.97 Å². The zero-order valence-corrected chi connectivity index (χ0v) is 20.3. The van der Waals surface area contributed by atoms with Gasteiger partial charge in [-0.15, -0.1) is 0 Å². The second-order valence-corrected chi connectivity index (χ2v) is 9.90. The summed E-state index contributed by atoms with van der Waals surface area (Å²) in [4.78, 5) is 53.0. The van der Waals surface area contributed by atoms with Crippen molar-refractivity contribution in [2.75, 3.05) is 18.1 Å². The molecule has 1 aliphatic heterocycles. The molecule has 1 heterocycles. The third-order valence-corrected chi connectivity index (χ3v) is 6.89. The van der Waals surface area contributed by atoms with E-state index in [1.54, 1.807) is 37.3 Å². The largest absolute Gasteiger partial charge is 0.726 e. The number of carbonyl (C=O) groups is 4. The Kier molecular flexibility index (Phi) is 8.22. The van der Waals surface area contributed by atoms with E-state index in [1.165, 1.54) is 20.8 Å². The molecular formula is C22H29N2O9S-. The van der Waals surface area contributed by atoms with Crippen LogP contribution in [-0.2, 0) is 38.5 Å². The van der Waals surface area contributed by atoms with Crippen molar-refractivity contribution in [3.8, 4) is 0 Å². The van der Waals surface area contributed by atoms with Crippen molar-refractivity contribution >= 4 is 39.8 Å². The predicted molar refractivity (Wildman–Crippen MR) is 119 cm³/mol. The van der Waals surface area contributed by atoms with Gasteiger partial charge in [0, 0.05) is 5.92 Å². The highest BCUT2D eigenvalue weighted by Gasteiger charge is 2.59. The highest BCUT2D eigenvalue weighted by molar-refractivity contribution is 7.80. The molecule has 4 unspecified atom stereocenters. The Bertz CT molecular complexity index is 1060. The zero-order chi connectivity index (χ0) is 25.9. The van der Waals surface area contributed by atoms with Crippen LogP contribution in [0.3, 0.4) is 0 Å². The lowest BCUT2D eigenvalue weighted by atomic mass is 9.62. The minimum absolute atomic E-state index is 0.182. The lowest BCUT2D eigenvalue weighted by molar-refractivity contribution is -0.161. The van der Waals surface area contributed by atoms with E-state index in [-0.39, 0.29) is 12.8 Å². The number of hydrogen-bond donors (Lipinski definition) is 1. The first-order chi connectivity index (χ1) is 15.7. The number of rotatable bonds is 11. The van der Waals surface area contributed by atoms with E-state index in [9.17, 15) is 32.1 Å². The molecule has 34 heavy (non-hydrogen) atoms. The number of primary amides is 1. The molecule has 1 aromatic rings. The van der Waals surface area contributed by atoms with Gasteiger partial charge in [-0.05, 0) is 38.8 Å². The molecule has 0 spiro atoms. The van der Waals surface area contributed by atoms with Gasteiger partial charge in [-0.25, -0.2) is 8.42 Å². The molecule has 0 saturated carbocycles. The summed E-state index contributed by atoms with van der Waals surface area (Å²) in [5.74, 6) is -4.72. The number of para-hydroxylation sites is 1. The average Bonchev–Trinajstić information content (AvgIpc) is 2.99. The summed E-state index contributed by atoms with van der Waals surface area (Å²) in [5, 5.41) is 0. The fourth-order valence-electron chi connectivity index (χ4n) is 4.41. The lowest BCUT2D eigenvalue weighted by Crippen LogP contribution is -2.50. The molecule has 12 heteroatoms. The van der Waals surface area contributed by atoms with Crippen molar-refractivity contribution in [3.05, 3.63) is 30.3 Å². The van der Waals surface area contributed by atoms with E-state index in [2.05, 4.69) is 4.18 Å². The number of hydrogen-bond acceptors (Lipinski definition) is 9. The van der Waals surface area contributed by atoms with Gasteiger partial charge in [0.15, 0.2) is 0 Å². The fourth-order valence-corrected chi connectivity index (χ4v) is 4.68. The topological polar surface area (TPSA) is 173 Å². The molecule has 4 atom stereocenters. The third kappa shape index (κ3) is 5.62. The summed E-state index contributed by atoms with van der Waals surface area (Å²) in [6, 6.07) is 8.29. The third-order valence-electron chi connectivity index (χ3n) is 6.43. The van der Waals surface area contributed by atoms with Crippen molar-refractivity contribution in [1.82, 2.24) is 0 Å². The number of ether oxygens (including phenoxy) is 1.